The highest BCUT2D eigenvalue weighted by molar-refractivity contribution is 5.72. The summed E-state index contributed by atoms with van der Waals surface area (Å²) in [6.45, 7) is 10.5. The van der Waals surface area contributed by atoms with Crippen LogP contribution in [-0.4, -0.2) is 5.97 Å². The summed E-state index contributed by atoms with van der Waals surface area (Å²) in [5.74, 6) is 1.21. The lowest BCUT2D eigenvalue weighted by Crippen LogP contribution is -2.29. The summed E-state index contributed by atoms with van der Waals surface area (Å²) in [4.78, 5) is 11.4. The lowest BCUT2D eigenvalue weighted by molar-refractivity contribution is -0.145. The van der Waals surface area contributed by atoms with Crippen molar-refractivity contribution in [2.45, 2.75) is 47.5 Å². The van der Waals surface area contributed by atoms with E-state index >= 15 is 0 Å². The van der Waals surface area contributed by atoms with Crippen molar-refractivity contribution in [3.05, 3.63) is 11.3 Å². The number of ether oxygens (including phenoxy) is 1. The molecule has 14 heavy (non-hydrogen) atoms. The highest BCUT2D eigenvalue weighted by Gasteiger charge is 2.33. The summed E-state index contributed by atoms with van der Waals surface area (Å²) in [6, 6.07) is 0. The summed E-state index contributed by atoms with van der Waals surface area (Å²) in [5, 5.41) is 0. The molecule has 0 aliphatic carbocycles. The van der Waals surface area contributed by atoms with Crippen LogP contribution in [0, 0.1) is 11.3 Å². The van der Waals surface area contributed by atoms with Crippen molar-refractivity contribution in [3.8, 4) is 0 Å². The van der Waals surface area contributed by atoms with Gasteiger partial charge >= 0.3 is 5.97 Å². The van der Waals surface area contributed by atoms with Crippen molar-refractivity contribution in [1.29, 1.82) is 0 Å². The third-order valence-corrected chi connectivity index (χ3v) is 2.86. The minimum Gasteiger partial charge on any atom is -0.431 e. The van der Waals surface area contributed by atoms with E-state index in [0.29, 0.717) is 12.3 Å². The third-order valence-electron chi connectivity index (χ3n) is 2.86. The van der Waals surface area contributed by atoms with Gasteiger partial charge in [-0.1, -0.05) is 20.8 Å². The molecule has 0 aromatic heterocycles. The SMILES string of the molecule is CC(C)=C1CC(C(C)(C)C)CC(=O)O1. The molecule has 0 saturated carbocycles. The first-order valence-corrected chi connectivity index (χ1v) is 5.17. The highest BCUT2D eigenvalue weighted by atomic mass is 16.5. The number of rotatable bonds is 0. The van der Waals surface area contributed by atoms with Crippen molar-refractivity contribution in [3.63, 3.8) is 0 Å². The van der Waals surface area contributed by atoms with Crippen LogP contribution < -0.4 is 0 Å². The van der Waals surface area contributed by atoms with E-state index in [1.165, 1.54) is 0 Å². The smallest absolute Gasteiger partial charge is 0.311 e. The lowest BCUT2D eigenvalue weighted by atomic mass is 9.75. The second-order valence-electron chi connectivity index (χ2n) is 5.37. The zero-order valence-corrected chi connectivity index (χ0v) is 9.81. The maximum Gasteiger partial charge on any atom is 0.311 e. The van der Waals surface area contributed by atoms with Crippen molar-refractivity contribution in [2.75, 3.05) is 0 Å². The standard InChI is InChI=1S/C12H20O2/c1-8(2)10-6-9(12(3,4)5)7-11(13)14-10/h9H,6-7H2,1-5H3. The topological polar surface area (TPSA) is 26.3 Å². The zero-order valence-electron chi connectivity index (χ0n) is 9.81. The molecule has 0 N–H and O–H groups in total. The number of carbonyl (C=O) groups is 1. The predicted molar refractivity (Wildman–Crippen MR) is 56.6 cm³/mol. The first-order valence-electron chi connectivity index (χ1n) is 5.17. The molecular formula is C12H20O2. The molecule has 2 nitrogen and oxygen atoms in total. The average molecular weight is 196 g/mol. The second kappa shape index (κ2) is 3.76. The molecule has 1 atom stereocenters. The van der Waals surface area contributed by atoms with Crippen LogP contribution in [0.5, 0.6) is 0 Å². The van der Waals surface area contributed by atoms with Crippen LogP contribution >= 0.6 is 0 Å². The van der Waals surface area contributed by atoms with E-state index in [0.717, 1.165) is 17.8 Å². The molecule has 1 unspecified atom stereocenters. The number of allylic oxidation sites excluding steroid dienone is 2. The van der Waals surface area contributed by atoms with Crippen LogP contribution in [0.15, 0.2) is 11.3 Å². The fourth-order valence-corrected chi connectivity index (χ4v) is 1.64. The molecule has 1 saturated heterocycles. The molecular weight excluding hydrogens is 176 g/mol. The maximum atomic E-state index is 11.4. The van der Waals surface area contributed by atoms with E-state index in [-0.39, 0.29) is 11.4 Å². The summed E-state index contributed by atoms with van der Waals surface area (Å²) in [5.41, 5.74) is 1.30. The molecule has 1 aliphatic heterocycles. The molecule has 0 spiro atoms. The molecule has 80 valence electrons. The van der Waals surface area contributed by atoms with E-state index < -0.39 is 0 Å². The predicted octanol–water partition coefficient (Wildman–Crippen LogP) is 3.28. The number of hydrogen-bond donors (Lipinski definition) is 0. The molecule has 0 aromatic carbocycles. The fraction of sp³-hybridized carbons (Fsp3) is 0.750. The van der Waals surface area contributed by atoms with Gasteiger partial charge in [-0.15, -0.1) is 0 Å². The van der Waals surface area contributed by atoms with Crippen LogP contribution in [0.25, 0.3) is 0 Å². The molecule has 1 rings (SSSR count). The van der Waals surface area contributed by atoms with Gasteiger partial charge < -0.3 is 4.74 Å². The number of hydrogen-bond acceptors (Lipinski definition) is 2. The highest BCUT2D eigenvalue weighted by Crippen LogP contribution is 2.38. The first-order chi connectivity index (χ1) is 6.30. The van der Waals surface area contributed by atoms with E-state index in [2.05, 4.69) is 20.8 Å². The molecule has 0 radical (unpaired) electrons. The quantitative estimate of drug-likeness (QED) is 0.556. The Kier molecular flexibility index (Phi) is 3.03. The monoisotopic (exact) mass is 196 g/mol. The van der Waals surface area contributed by atoms with E-state index in [4.69, 9.17) is 4.74 Å². The Morgan fingerprint density at radius 2 is 1.86 bits per heavy atom. The first kappa shape index (κ1) is 11.3. The van der Waals surface area contributed by atoms with Crippen molar-refractivity contribution < 1.29 is 9.53 Å². The molecule has 2 heteroatoms. The van der Waals surface area contributed by atoms with Gasteiger partial charge in [-0.2, -0.15) is 0 Å². The number of carbonyl (C=O) groups excluding carboxylic acids is 1. The van der Waals surface area contributed by atoms with E-state index in [9.17, 15) is 4.79 Å². The Morgan fingerprint density at radius 3 is 2.29 bits per heavy atom. The van der Waals surface area contributed by atoms with Crippen molar-refractivity contribution in [2.24, 2.45) is 11.3 Å². The van der Waals surface area contributed by atoms with Crippen LogP contribution in [0.4, 0.5) is 0 Å². The van der Waals surface area contributed by atoms with Crippen LogP contribution in [0.2, 0.25) is 0 Å². The number of cyclic esters (lactones) is 1. The van der Waals surface area contributed by atoms with Gasteiger partial charge in [0.1, 0.15) is 5.76 Å². The van der Waals surface area contributed by atoms with E-state index in [1.54, 1.807) is 0 Å². The van der Waals surface area contributed by atoms with Crippen LogP contribution in [-0.2, 0) is 9.53 Å². The van der Waals surface area contributed by atoms with Gasteiger partial charge in [0.25, 0.3) is 0 Å². The third kappa shape index (κ3) is 2.60. The van der Waals surface area contributed by atoms with Gasteiger partial charge in [-0.05, 0) is 30.8 Å². The van der Waals surface area contributed by atoms with Gasteiger partial charge in [0.2, 0.25) is 0 Å². The molecule has 0 amide bonds. The summed E-state index contributed by atoms with van der Waals surface area (Å²) in [6.07, 6.45) is 1.46. The molecule has 1 aliphatic rings. The largest absolute Gasteiger partial charge is 0.431 e. The van der Waals surface area contributed by atoms with Gasteiger partial charge in [0, 0.05) is 12.8 Å². The Labute approximate surface area is 86.3 Å². The average Bonchev–Trinajstić information content (AvgIpc) is 2.01. The summed E-state index contributed by atoms with van der Waals surface area (Å²) in [7, 11) is 0. The molecule has 1 heterocycles. The van der Waals surface area contributed by atoms with Crippen LogP contribution in [0.1, 0.15) is 47.5 Å². The fourth-order valence-electron chi connectivity index (χ4n) is 1.64. The minimum atomic E-state index is -0.0765. The second-order valence-corrected chi connectivity index (χ2v) is 5.37. The number of esters is 1. The Balaban J connectivity index is 2.84. The summed E-state index contributed by atoms with van der Waals surface area (Å²) < 4.78 is 5.21. The summed E-state index contributed by atoms with van der Waals surface area (Å²) >= 11 is 0. The van der Waals surface area contributed by atoms with Crippen LogP contribution in [0.3, 0.4) is 0 Å². The zero-order chi connectivity index (χ0) is 10.9. The van der Waals surface area contributed by atoms with Crippen molar-refractivity contribution in [1.82, 2.24) is 0 Å². The minimum absolute atomic E-state index is 0.0765. The van der Waals surface area contributed by atoms with Gasteiger partial charge in [0.05, 0.1) is 0 Å². The lowest BCUT2D eigenvalue weighted by Gasteiger charge is -2.34. The Hall–Kier alpha value is -0.790. The van der Waals surface area contributed by atoms with Gasteiger partial charge in [-0.25, -0.2) is 0 Å². The molecule has 0 aromatic rings. The van der Waals surface area contributed by atoms with Gasteiger partial charge in [0.15, 0.2) is 0 Å². The molecule has 1 fully saturated rings. The van der Waals surface area contributed by atoms with Gasteiger partial charge in [-0.3, -0.25) is 4.79 Å². The van der Waals surface area contributed by atoms with E-state index in [1.807, 2.05) is 13.8 Å². The van der Waals surface area contributed by atoms with Crippen molar-refractivity contribution >= 4 is 5.97 Å². The Bertz CT molecular complexity index is 265. The molecule has 0 bridgehead atoms. The Morgan fingerprint density at radius 1 is 1.29 bits per heavy atom. The normalized spacial score (nSPS) is 23.4. The maximum absolute atomic E-state index is 11.4.